The summed E-state index contributed by atoms with van der Waals surface area (Å²) < 4.78 is 0. The van der Waals surface area contributed by atoms with Crippen molar-refractivity contribution in [3.05, 3.63) is 76.7 Å². The zero-order valence-electron chi connectivity index (χ0n) is 11.7. The highest BCUT2D eigenvalue weighted by molar-refractivity contribution is 6.27. The van der Waals surface area contributed by atoms with Gasteiger partial charge in [-0.1, -0.05) is 48.5 Å². The zero-order valence-corrected chi connectivity index (χ0v) is 11.7. The standard InChI is InChI=1S/C18H12N2O2/c21-18-17-14(19-22)10-9-13-7-4-8-15(16(13)17)20(18)11-12-5-2-1-3-6-12/h1-10H,11H2. The van der Waals surface area contributed by atoms with E-state index in [1.165, 1.54) is 0 Å². The van der Waals surface area contributed by atoms with Crippen LogP contribution in [-0.2, 0) is 6.54 Å². The van der Waals surface area contributed by atoms with Crippen molar-refractivity contribution < 1.29 is 4.79 Å². The number of rotatable bonds is 3. The molecule has 0 spiro atoms. The predicted molar refractivity (Wildman–Crippen MR) is 86.4 cm³/mol. The highest BCUT2D eigenvalue weighted by atomic mass is 16.3. The van der Waals surface area contributed by atoms with Crippen LogP contribution in [0.1, 0.15) is 15.9 Å². The lowest BCUT2D eigenvalue weighted by Gasteiger charge is -2.17. The summed E-state index contributed by atoms with van der Waals surface area (Å²) in [6.45, 7) is 0.478. The molecular weight excluding hydrogens is 276 g/mol. The molecule has 1 amide bonds. The van der Waals surface area contributed by atoms with Crippen molar-refractivity contribution in [2.24, 2.45) is 5.18 Å². The number of anilines is 1. The molecule has 1 aliphatic heterocycles. The van der Waals surface area contributed by atoms with Gasteiger partial charge < -0.3 is 4.90 Å². The van der Waals surface area contributed by atoms with Gasteiger partial charge >= 0.3 is 0 Å². The second-order valence-electron chi connectivity index (χ2n) is 5.30. The maximum Gasteiger partial charge on any atom is 0.261 e. The monoisotopic (exact) mass is 288 g/mol. The first kappa shape index (κ1) is 12.7. The van der Waals surface area contributed by atoms with Crippen LogP contribution in [0.5, 0.6) is 0 Å². The summed E-state index contributed by atoms with van der Waals surface area (Å²) in [5.74, 6) is -0.162. The molecule has 4 nitrogen and oxygen atoms in total. The van der Waals surface area contributed by atoms with Crippen LogP contribution in [0.25, 0.3) is 10.8 Å². The number of hydrogen-bond donors (Lipinski definition) is 0. The Morgan fingerprint density at radius 3 is 2.50 bits per heavy atom. The summed E-state index contributed by atoms with van der Waals surface area (Å²) >= 11 is 0. The highest BCUT2D eigenvalue weighted by Crippen LogP contribution is 2.42. The third kappa shape index (κ3) is 1.74. The normalized spacial score (nSPS) is 12.9. The molecule has 0 bridgehead atoms. The van der Waals surface area contributed by atoms with Crippen molar-refractivity contribution in [2.75, 3.05) is 4.90 Å². The van der Waals surface area contributed by atoms with E-state index in [-0.39, 0.29) is 11.6 Å². The van der Waals surface area contributed by atoms with E-state index in [1.807, 2.05) is 54.6 Å². The van der Waals surface area contributed by atoms with Crippen LogP contribution in [-0.4, -0.2) is 5.91 Å². The lowest BCUT2D eigenvalue weighted by Crippen LogP contribution is -2.26. The van der Waals surface area contributed by atoms with Crippen molar-refractivity contribution in [3.63, 3.8) is 0 Å². The maximum atomic E-state index is 12.8. The molecule has 1 heterocycles. The second-order valence-corrected chi connectivity index (χ2v) is 5.30. The molecule has 0 radical (unpaired) electrons. The minimum absolute atomic E-state index is 0.162. The quantitative estimate of drug-likeness (QED) is 0.671. The summed E-state index contributed by atoms with van der Waals surface area (Å²) in [4.78, 5) is 25.5. The number of nitrogens with zero attached hydrogens (tertiary/aromatic N) is 2. The van der Waals surface area contributed by atoms with E-state index in [9.17, 15) is 9.70 Å². The summed E-state index contributed by atoms with van der Waals surface area (Å²) in [6, 6.07) is 19.0. The molecule has 0 saturated carbocycles. The third-order valence-corrected chi connectivity index (χ3v) is 4.03. The van der Waals surface area contributed by atoms with Crippen LogP contribution in [0.2, 0.25) is 0 Å². The number of carbonyl (C=O) groups is 1. The maximum absolute atomic E-state index is 12.8. The lowest BCUT2D eigenvalue weighted by atomic mass is 10.0. The van der Waals surface area contributed by atoms with Crippen LogP contribution >= 0.6 is 0 Å². The molecule has 0 aromatic heterocycles. The first-order valence-corrected chi connectivity index (χ1v) is 7.04. The minimum atomic E-state index is -0.162. The molecule has 22 heavy (non-hydrogen) atoms. The van der Waals surface area contributed by atoms with Gasteiger partial charge in [0.1, 0.15) is 5.69 Å². The third-order valence-electron chi connectivity index (χ3n) is 4.03. The van der Waals surface area contributed by atoms with Gasteiger partial charge in [0.05, 0.1) is 17.8 Å². The molecule has 0 unspecified atom stereocenters. The van der Waals surface area contributed by atoms with Gasteiger partial charge in [-0.05, 0) is 28.3 Å². The Balaban J connectivity index is 1.90. The van der Waals surface area contributed by atoms with E-state index in [0.29, 0.717) is 12.1 Å². The van der Waals surface area contributed by atoms with E-state index in [0.717, 1.165) is 22.0 Å². The molecule has 0 aliphatic carbocycles. The van der Waals surface area contributed by atoms with Gasteiger partial charge in [0.25, 0.3) is 5.91 Å². The fraction of sp³-hybridized carbons (Fsp3) is 0.0556. The Morgan fingerprint density at radius 1 is 0.909 bits per heavy atom. The SMILES string of the molecule is O=Nc1ccc2cccc3c2c1C(=O)N3Cc1ccccc1. The largest absolute Gasteiger partial charge is 0.303 e. The molecule has 0 fully saturated rings. The van der Waals surface area contributed by atoms with Gasteiger partial charge in [-0.15, -0.1) is 4.91 Å². The van der Waals surface area contributed by atoms with Crippen molar-refractivity contribution in [2.45, 2.75) is 6.54 Å². The molecule has 0 atom stereocenters. The molecule has 0 N–H and O–H groups in total. The lowest BCUT2D eigenvalue weighted by molar-refractivity contribution is 0.0992. The summed E-state index contributed by atoms with van der Waals surface area (Å²) in [6.07, 6.45) is 0. The van der Waals surface area contributed by atoms with E-state index in [4.69, 9.17) is 0 Å². The van der Waals surface area contributed by atoms with Crippen LogP contribution in [0.3, 0.4) is 0 Å². The molecule has 1 aliphatic rings. The number of carbonyl (C=O) groups excluding carboxylic acids is 1. The first-order chi connectivity index (χ1) is 10.8. The second kappa shape index (κ2) is 4.77. The van der Waals surface area contributed by atoms with Crippen LogP contribution in [0.15, 0.2) is 65.8 Å². The van der Waals surface area contributed by atoms with Crippen molar-refractivity contribution in [1.82, 2.24) is 0 Å². The molecule has 4 rings (SSSR count). The Hall–Kier alpha value is -3.01. The average molecular weight is 288 g/mol. The van der Waals surface area contributed by atoms with Gasteiger partial charge in [0, 0.05) is 5.39 Å². The molecule has 0 saturated heterocycles. The smallest absolute Gasteiger partial charge is 0.261 e. The average Bonchev–Trinajstić information content (AvgIpc) is 2.85. The van der Waals surface area contributed by atoms with Crippen molar-refractivity contribution >= 4 is 28.1 Å². The van der Waals surface area contributed by atoms with Gasteiger partial charge in [0.2, 0.25) is 0 Å². The predicted octanol–water partition coefficient (Wildman–Crippen LogP) is 4.40. The minimum Gasteiger partial charge on any atom is -0.303 e. The van der Waals surface area contributed by atoms with Crippen molar-refractivity contribution in [3.8, 4) is 0 Å². The molecule has 106 valence electrons. The molecule has 4 heteroatoms. The number of hydrogen-bond acceptors (Lipinski definition) is 3. The summed E-state index contributed by atoms with van der Waals surface area (Å²) in [5, 5.41) is 4.79. The molecule has 3 aromatic rings. The van der Waals surface area contributed by atoms with Crippen molar-refractivity contribution in [1.29, 1.82) is 0 Å². The molecular formula is C18H12N2O2. The summed E-state index contributed by atoms with van der Waals surface area (Å²) in [7, 11) is 0. The number of benzene rings is 3. The van der Waals surface area contributed by atoms with Gasteiger partial charge in [0.15, 0.2) is 0 Å². The number of nitroso groups, excluding NO2 is 1. The first-order valence-electron chi connectivity index (χ1n) is 7.04. The van der Waals surface area contributed by atoms with E-state index in [2.05, 4.69) is 5.18 Å². The Morgan fingerprint density at radius 2 is 1.73 bits per heavy atom. The Bertz CT molecular complexity index is 904. The van der Waals surface area contributed by atoms with E-state index in [1.54, 1.807) is 11.0 Å². The van der Waals surface area contributed by atoms with E-state index >= 15 is 0 Å². The Kier molecular flexibility index (Phi) is 2.76. The fourth-order valence-corrected chi connectivity index (χ4v) is 3.03. The van der Waals surface area contributed by atoms with Gasteiger partial charge in [-0.2, -0.15) is 0 Å². The Labute approximate surface area is 127 Å². The molecule has 3 aromatic carbocycles. The highest BCUT2D eigenvalue weighted by Gasteiger charge is 2.32. The van der Waals surface area contributed by atoms with Gasteiger partial charge in [-0.3, -0.25) is 4.79 Å². The topological polar surface area (TPSA) is 49.7 Å². The van der Waals surface area contributed by atoms with Gasteiger partial charge in [-0.25, -0.2) is 0 Å². The van der Waals surface area contributed by atoms with Crippen LogP contribution in [0.4, 0.5) is 11.4 Å². The van der Waals surface area contributed by atoms with E-state index < -0.39 is 0 Å². The number of amides is 1. The van der Waals surface area contributed by atoms with Crippen LogP contribution < -0.4 is 4.90 Å². The zero-order chi connectivity index (χ0) is 15.1. The summed E-state index contributed by atoms with van der Waals surface area (Å²) in [5.41, 5.74) is 2.51. The fourth-order valence-electron chi connectivity index (χ4n) is 3.03. The van der Waals surface area contributed by atoms with Crippen LogP contribution in [0, 0.1) is 4.91 Å².